The monoisotopic (exact) mass is 375 g/mol. The Balaban J connectivity index is 1.96. The smallest absolute Gasteiger partial charge is 0.338 e. The number of anilines is 1. The number of carbonyl (C=O) groups excluding carboxylic acids is 2. The van der Waals surface area contributed by atoms with Crippen LogP contribution < -0.4 is 10.1 Å². The number of hydrogen-bond acceptors (Lipinski definition) is 5. The van der Waals surface area contributed by atoms with Gasteiger partial charge in [-0.25, -0.2) is 9.18 Å². The second-order valence-electron chi connectivity index (χ2n) is 5.75. The van der Waals surface area contributed by atoms with Gasteiger partial charge in [-0.2, -0.15) is 0 Å². The minimum absolute atomic E-state index is 0.277. The van der Waals surface area contributed by atoms with Crippen LogP contribution in [-0.2, 0) is 20.9 Å². The van der Waals surface area contributed by atoms with Gasteiger partial charge in [0.25, 0.3) is 5.91 Å². The normalized spacial score (nSPS) is 10.4. The van der Waals surface area contributed by atoms with Gasteiger partial charge in [0, 0.05) is 17.9 Å². The highest BCUT2D eigenvalue weighted by Gasteiger charge is 2.14. The van der Waals surface area contributed by atoms with Crippen molar-refractivity contribution in [2.75, 3.05) is 25.6 Å². The molecule has 0 fully saturated rings. The van der Waals surface area contributed by atoms with E-state index >= 15 is 0 Å². The summed E-state index contributed by atoms with van der Waals surface area (Å²) in [6, 6.07) is 9.11. The van der Waals surface area contributed by atoms with Crippen LogP contribution in [0.1, 0.15) is 28.4 Å². The summed E-state index contributed by atoms with van der Waals surface area (Å²) in [5.41, 5.74) is 1.75. The van der Waals surface area contributed by atoms with Crippen LogP contribution in [0.4, 0.5) is 10.1 Å². The number of carbonyl (C=O) groups is 2. The van der Waals surface area contributed by atoms with Gasteiger partial charge >= 0.3 is 5.97 Å². The van der Waals surface area contributed by atoms with E-state index in [1.54, 1.807) is 37.3 Å². The van der Waals surface area contributed by atoms with Crippen molar-refractivity contribution in [3.8, 4) is 5.75 Å². The summed E-state index contributed by atoms with van der Waals surface area (Å²) in [5.74, 6) is -1.04. The molecule has 0 saturated heterocycles. The van der Waals surface area contributed by atoms with Crippen LogP contribution >= 0.6 is 0 Å². The highest BCUT2D eigenvalue weighted by Crippen LogP contribution is 2.21. The molecular weight excluding hydrogens is 353 g/mol. The maximum Gasteiger partial charge on any atom is 0.338 e. The largest absolute Gasteiger partial charge is 0.496 e. The molecule has 1 amide bonds. The standard InChI is InChI=1S/C20H22FNO5/c1-4-26-11-15-9-14(6-8-18(15)25-3)20(24)27-12-19(23)22-16-7-5-13(2)17(21)10-16/h5-10H,4,11-12H2,1-3H3,(H,22,23). The lowest BCUT2D eigenvalue weighted by atomic mass is 10.1. The number of aryl methyl sites for hydroxylation is 1. The van der Waals surface area contributed by atoms with Crippen LogP contribution in [0, 0.1) is 12.7 Å². The highest BCUT2D eigenvalue weighted by molar-refractivity contribution is 5.95. The van der Waals surface area contributed by atoms with Crippen molar-refractivity contribution in [1.82, 2.24) is 0 Å². The first-order chi connectivity index (χ1) is 12.9. The molecule has 2 aromatic carbocycles. The van der Waals surface area contributed by atoms with Crippen LogP contribution in [0.2, 0.25) is 0 Å². The first kappa shape index (κ1) is 20.4. The second kappa shape index (κ2) is 9.68. The molecule has 27 heavy (non-hydrogen) atoms. The zero-order valence-corrected chi connectivity index (χ0v) is 15.5. The first-order valence-corrected chi connectivity index (χ1v) is 8.42. The van der Waals surface area contributed by atoms with E-state index in [0.717, 1.165) is 0 Å². The van der Waals surface area contributed by atoms with Crippen molar-refractivity contribution in [3.63, 3.8) is 0 Å². The van der Waals surface area contributed by atoms with Crippen molar-refractivity contribution in [2.24, 2.45) is 0 Å². The van der Waals surface area contributed by atoms with E-state index in [1.165, 1.54) is 13.2 Å². The summed E-state index contributed by atoms with van der Waals surface area (Å²) >= 11 is 0. The quantitative estimate of drug-likeness (QED) is 0.715. The molecule has 0 saturated carbocycles. The van der Waals surface area contributed by atoms with Crippen LogP contribution in [0.5, 0.6) is 5.75 Å². The number of rotatable bonds is 8. The third kappa shape index (κ3) is 5.79. The van der Waals surface area contributed by atoms with Crippen molar-refractivity contribution in [1.29, 1.82) is 0 Å². The molecule has 1 N–H and O–H groups in total. The Morgan fingerprint density at radius 2 is 1.93 bits per heavy atom. The maximum absolute atomic E-state index is 13.5. The van der Waals surface area contributed by atoms with Crippen LogP contribution in [-0.4, -0.2) is 32.2 Å². The fraction of sp³-hybridized carbons (Fsp3) is 0.300. The average Bonchev–Trinajstić information content (AvgIpc) is 2.67. The van der Waals surface area contributed by atoms with Gasteiger partial charge in [-0.05, 0) is 49.7 Å². The maximum atomic E-state index is 13.5. The number of ether oxygens (including phenoxy) is 3. The number of methoxy groups -OCH3 is 1. The van der Waals surface area contributed by atoms with Gasteiger partial charge in [0.05, 0.1) is 19.3 Å². The van der Waals surface area contributed by atoms with Gasteiger partial charge < -0.3 is 19.5 Å². The number of halogens is 1. The fourth-order valence-corrected chi connectivity index (χ4v) is 2.31. The molecule has 0 unspecified atom stereocenters. The molecule has 0 atom stereocenters. The van der Waals surface area contributed by atoms with Gasteiger partial charge in [-0.15, -0.1) is 0 Å². The van der Waals surface area contributed by atoms with E-state index in [1.807, 2.05) is 6.92 Å². The fourth-order valence-electron chi connectivity index (χ4n) is 2.31. The predicted molar refractivity (Wildman–Crippen MR) is 98.4 cm³/mol. The Morgan fingerprint density at radius 3 is 2.59 bits per heavy atom. The SMILES string of the molecule is CCOCc1cc(C(=O)OCC(=O)Nc2ccc(C)c(F)c2)ccc1OC. The Hall–Kier alpha value is -2.93. The van der Waals surface area contributed by atoms with Gasteiger partial charge in [-0.3, -0.25) is 4.79 Å². The highest BCUT2D eigenvalue weighted by atomic mass is 19.1. The van der Waals surface area contributed by atoms with Crippen molar-refractivity contribution in [3.05, 3.63) is 58.9 Å². The van der Waals surface area contributed by atoms with E-state index in [9.17, 15) is 14.0 Å². The predicted octanol–water partition coefficient (Wildman–Crippen LogP) is 3.47. The third-order valence-electron chi connectivity index (χ3n) is 3.77. The topological polar surface area (TPSA) is 73.9 Å². The Labute approximate surface area is 157 Å². The molecule has 7 heteroatoms. The van der Waals surface area contributed by atoms with Gasteiger partial charge in [0.1, 0.15) is 11.6 Å². The zero-order chi connectivity index (χ0) is 19.8. The van der Waals surface area contributed by atoms with Crippen LogP contribution in [0.25, 0.3) is 0 Å². The van der Waals surface area contributed by atoms with Crippen LogP contribution in [0.3, 0.4) is 0 Å². The Kier molecular flexibility index (Phi) is 7.31. The molecule has 0 aliphatic rings. The molecule has 0 radical (unpaired) electrons. The molecule has 0 aliphatic carbocycles. The third-order valence-corrected chi connectivity index (χ3v) is 3.77. The summed E-state index contributed by atoms with van der Waals surface area (Å²) in [5, 5.41) is 2.48. The van der Waals surface area contributed by atoms with Crippen molar-refractivity contribution < 1.29 is 28.2 Å². The van der Waals surface area contributed by atoms with E-state index in [2.05, 4.69) is 5.32 Å². The number of benzene rings is 2. The van der Waals surface area contributed by atoms with Crippen molar-refractivity contribution in [2.45, 2.75) is 20.5 Å². The molecule has 0 spiro atoms. The summed E-state index contributed by atoms with van der Waals surface area (Å²) in [6.45, 7) is 3.82. The lowest BCUT2D eigenvalue weighted by Crippen LogP contribution is -2.21. The summed E-state index contributed by atoms with van der Waals surface area (Å²) in [4.78, 5) is 24.1. The number of esters is 1. The summed E-state index contributed by atoms with van der Waals surface area (Å²) in [7, 11) is 1.53. The van der Waals surface area contributed by atoms with E-state index in [4.69, 9.17) is 14.2 Å². The number of amides is 1. The molecule has 2 rings (SSSR count). The number of nitrogens with one attached hydrogen (secondary N) is 1. The second-order valence-corrected chi connectivity index (χ2v) is 5.75. The molecule has 0 aromatic heterocycles. The van der Waals surface area contributed by atoms with Crippen molar-refractivity contribution >= 4 is 17.6 Å². The number of hydrogen-bond donors (Lipinski definition) is 1. The molecule has 0 aliphatic heterocycles. The molecule has 0 bridgehead atoms. The Bertz CT molecular complexity index is 822. The lowest BCUT2D eigenvalue weighted by Gasteiger charge is -2.11. The van der Waals surface area contributed by atoms with Gasteiger partial charge in [0.2, 0.25) is 0 Å². The van der Waals surface area contributed by atoms with Gasteiger partial charge in [0.15, 0.2) is 6.61 Å². The first-order valence-electron chi connectivity index (χ1n) is 8.42. The molecular formula is C20H22FNO5. The molecule has 144 valence electrons. The summed E-state index contributed by atoms with van der Waals surface area (Å²) in [6.07, 6.45) is 0. The zero-order valence-electron chi connectivity index (χ0n) is 15.5. The summed E-state index contributed by atoms with van der Waals surface area (Å²) < 4.78 is 29.1. The van der Waals surface area contributed by atoms with E-state index in [-0.39, 0.29) is 5.56 Å². The molecule has 2 aromatic rings. The Morgan fingerprint density at radius 1 is 1.15 bits per heavy atom. The minimum atomic E-state index is -0.652. The van der Waals surface area contributed by atoms with E-state index < -0.39 is 24.3 Å². The van der Waals surface area contributed by atoms with Crippen LogP contribution in [0.15, 0.2) is 36.4 Å². The average molecular weight is 375 g/mol. The molecule has 0 heterocycles. The van der Waals surface area contributed by atoms with Gasteiger partial charge in [-0.1, -0.05) is 6.07 Å². The lowest BCUT2D eigenvalue weighted by molar-refractivity contribution is -0.119. The van der Waals surface area contributed by atoms with E-state index in [0.29, 0.717) is 35.8 Å². The molecule has 6 nitrogen and oxygen atoms in total. The minimum Gasteiger partial charge on any atom is -0.496 e.